The number of aliphatic hydroxyl groups is 1. The number of hydrogen-bond donors (Lipinski definition) is 3. The van der Waals surface area contributed by atoms with Crippen LogP contribution in [-0.2, 0) is 16.0 Å². The number of carbonyl (C=O) groups excluding carboxylic acids is 1. The summed E-state index contributed by atoms with van der Waals surface area (Å²) in [6, 6.07) is 32.7. The highest BCUT2D eigenvalue weighted by Gasteiger charge is 2.52. The summed E-state index contributed by atoms with van der Waals surface area (Å²) in [6.45, 7) is 0.922. The van der Waals surface area contributed by atoms with Gasteiger partial charge in [0.15, 0.2) is 11.6 Å². The Bertz CT molecular complexity index is 1640. The summed E-state index contributed by atoms with van der Waals surface area (Å²) in [5, 5.41) is 9.07. The molecule has 0 bridgehead atoms. The van der Waals surface area contributed by atoms with E-state index in [1.807, 2.05) is 115 Å². The Labute approximate surface area is 275 Å². The van der Waals surface area contributed by atoms with Crippen molar-refractivity contribution in [3.63, 3.8) is 0 Å². The van der Waals surface area contributed by atoms with Crippen molar-refractivity contribution in [3.8, 4) is 17.2 Å². The van der Waals surface area contributed by atoms with E-state index in [0.29, 0.717) is 37.6 Å². The van der Waals surface area contributed by atoms with Crippen LogP contribution in [0.5, 0.6) is 17.2 Å². The average molecular weight is 636 g/mol. The van der Waals surface area contributed by atoms with Crippen LogP contribution in [0.3, 0.4) is 0 Å². The number of aliphatic imine (C=N–C) groups is 1. The predicted molar refractivity (Wildman–Crippen MR) is 183 cm³/mol. The predicted octanol–water partition coefficient (Wildman–Crippen LogP) is 5.69. The van der Waals surface area contributed by atoms with Crippen LogP contribution in [0.15, 0.2) is 114 Å². The minimum Gasteiger partial charge on any atom is -0.497 e. The van der Waals surface area contributed by atoms with Crippen LogP contribution in [-0.4, -0.2) is 56.4 Å². The first-order valence-electron chi connectivity index (χ1n) is 15.7. The molecule has 0 radical (unpaired) electrons. The van der Waals surface area contributed by atoms with E-state index >= 15 is 0 Å². The van der Waals surface area contributed by atoms with Gasteiger partial charge in [0.1, 0.15) is 17.2 Å². The van der Waals surface area contributed by atoms with Crippen molar-refractivity contribution in [1.82, 2.24) is 10.9 Å². The molecule has 5 rings (SSSR count). The van der Waals surface area contributed by atoms with Gasteiger partial charge in [0.05, 0.1) is 20.8 Å². The number of amides is 1. The van der Waals surface area contributed by atoms with Crippen LogP contribution < -0.4 is 25.1 Å². The maximum absolute atomic E-state index is 14.3. The van der Waals surface area contributed by atoms with Crippen molar-refractivity contribution in [2.45, 2.75) is 30.9 Å². The van der Waals surface area contributed by atoms with Gasteiger partial charge in [-0.2, -0.15) is 0 Å². The van der Waals surface area contributed by atoms with Gasteiger partial charge in [0.25, 0.3) is 5.91 Å². The van der Waals surface area contributed by atoms with E-state index < -0.39 is 11.6 Å². The first-order chi connectivity index (χ1) is 23.1. The zero-order valence-electron chi connectivity index (χ0n) is 26.7. The number of carbonyl (C=O) groups is 1. The topological polar surface area (TPSA) is 111 Å². The third kappa shape index (κ3) is 8.38. The molecule has 244 valence electrons. The highest BCUT2D eigenvalue weighted by molar-refractivity contribution is 6.01. The van der Waals surface area contributed by atoms with Crippen molar-refractivity contribution in [3.05, 3.63) is 131 Å². The van der Waals surface area contributed by atoms with Crippen molar-refractivity contribution in [2.75, 3.05) is 34.0 Å². The van der Waals surface area contributed by atoms with Gasteiger partial charge in [-0.15, -0.1) is 0 Å². The molecule has 4 aromatic rings. The average Bonchev–Trinajstić information content (AvgIpc) is 3.52. The van der Waals surface area contributed by atoms with Crippen LogP contribution in [0.25, 0.3) is 6.08 Å². The minimum atomic E-state index is -1.32. The molecule has 1 aliphatic heterocycles. The SMILES string of the molecule is COc1ccc(OC)c(CCNNC(=O)[C@@]2(C/C=C/c3ccccc3)N=C(c3ccc(OCCCO)cc3)O[C@H]2c2ccccc2)c1. The number of benzene rings is 4. The van der Waals surface area contributed by atoms with Gasteiger partial charge in [-0.3, -0.25) is 10.2 Å². The molecule has 0 spiro atoms. The number of hydrazine groups is 1. The van der Waals surface area contributed by atoms with Crippen LogP contribution in [0, 0.1) is 0 Å². The fourth-order valence-electron chi connectivity index (χ4n) is 5.41. The van der Waals surface area contributed by atoms with Crippen molar-refractivity contribution in [2.24, 2.45) is 4.99 Å². The summed E-state index contributed by atoms with van der Waals surface area (Å²) in [5.41, 5.74) is 8.25. The van der Waals surface area contributed by atoms with Gasteiger partial charge in [-0.1, -0.05) is 72.8 Å². The van der Waals surface area contributed by atoms with Crippen molar-refractivity contribution >= 4 is 17.9 Å². The van der Waals surface area contributed by atoms with E-state index in [-0.39, 0.29) is 18.9 Å². The zero-order valence-corrected chi connectivity index (χ0v) is 26.7. The highest BCUT2D eigenvalue weighted by Crippen LogP contribution is 2.43. The molecule has 0 saturated heterocycles. The maximum atomic E-state index is 14.3. The lowest BCUT2D eigenvalue weighted by molar-refractivity contribution is -0.129. The van der Waals surface area contributed by atoms with Crippen LogP contribution in [0.1, 0.15) is 41.2 Å². The summed E-state index contributed by atoms with van der Waals surface area (Å²) < 4.78 is 23.2. The van der Waals surface area contributed by atoms with Gasteiger partial charge < -0.3 is 24.1 Å². The van der Waals surface area contributed by atoms with Gasteiger partial charge in [-0.25, -0.2) is 10.4 Å². The quantitative estimate of drug-likeness (QED) is 0.107. The summed E-state index contributed by atoms with van der Waals surface area (Å²) in [4.78, 5) is 19.4. The third-order valence-corrected chi connectivity index (χ3v) is 7.88. The molecule has 0 aromatic heterocycles. The maximum Gasteiger partial charge on any atom is 0.266 e. The van der Waals surface area contributed by atoms with Crippen LogP contribution in [0.4, 0.5) is 0 Å². The number of methoxy groups -OCH3 is 2. The first kappa shape index (κ1) is 33.2. The van der Waals surface area contributed by atoms with Gasteiger partial charge in [-0.05, 0) is 65.6 Å². The molecule has 1 heterocycles. The van der Waals surface area contributed by atoms with Crippen LogP contribution in [0.2, 0.25) is 0 Å². The number of ether oxygens (including phenoxy) is 4. The Kier molecular flexibility index (Phi) is 11.6. The summed E-state index contributed by atoms with van der Waals surface area (Å²) in [7, 11) is 3.25. The molecular weight excluding hydrogens is 594 g/mol. The second kappa shape index (κ2) is 16.4. The zero-order chi connectivity index (χ0) is 32.9. The Morgan fingerprint density at radius 2 is 1.66 bits per heavy atom. The smallest absolute Gasteiger partial charge is 0.266 e. The van der Waals surface area contributed by atoms with E-state index in [9.17, 15) is 4.79 Å². The molecule has 0 aliphatic carbocycles. The second-order valence-electron chi connectivity index (χ2n) is 11.0. The molecule has 1 amide bonds. The molecular formula is C38H41N3O6. The van der Waals surface area contributed by atoms with E-state index in [0.717, 1.165) is 33.8 Å². The van der Waals surface area contributed by atoms with Gasteiger partial charge in [0.2, 0.25) is 5.90 Å². The Morgan fingerprint density at radius 1 is 0.936 bits per heavy atom. The van der Waals surface area contributed by atoms with Gasteiger partial charge in [0, 0.05) is 31.6 Å². The fourth-order valence-corrected chi connectivity index (χ4v) is 5.41. The number of hydrogen-bond acceptors (Lipinski definition) is 8. The molecule has 2 atom stereocenters. The number of rotatable bonds is 16. The molecule has 9 nitrogen and oxygen atoms in total. The molecule has 47 heavy (non-hydrogen) atoms. The lowest BCUT2D eigenvalue weighted by Gasteiger charge is -2.29. The minimum absolute atomic E-state index is 0.0660. The molecule has 4 aromatic carbocycles. The standard InChI is InChI=1S/C38H41N3O6/c1-44-33-20-21-34(45-2)31(27-33)22-24-39-41-37(43)38(23-9-13-28-11-5-3-6-12-28)35(29-14-7-4-8-15-29)47-36(40-38)30-16-18-32(19-17-30)46-26-10-25-42/h3-9,11-21,27,35,39,42H,10,22-26H2,1-2H3,(H,41,43)/b13-9+/t35-,38-/m0/s1. The Balaban J connectivity index is 1.43. The molecule has 1 aliphatic rings. The van der Waals surface area contributed by atoms with Crippen molar-refractivity contribution < 1.29 is 28.8 Å². The first-order valence-corrected chi connectivity index (χ1v) is 15.7. The lowest BCUT2D eigenvalue weighted by Crippen LogP contribution is -2.52. The monoisotopic (exact) mass is 635 g/mol. The van der Waals surface area contributed by atoms with Gasteiger partial charge >= 0.3 is 0 Å². The largest absolute Gasteiger partial charge is 0.497 e. The molecule has 3 N–H and O–H groups in total. The van der Waals surface area contributed by atoms with Crippen molar-refractivity contribution in [1.29, 1.82) is 0 Å². The summed E-state index contributed by atoms with van der Waals surface area (Å²) in [5.74, 6) is 2.20. The van der Waals surface area contributed by atoms with E-state index in [1.165, 1.54) is 0 Å². The number of nitrogens with zero attached hydrogens (tertiary/aromatic N) is 1. The number of nitrogens with one attached hydrogen (secondary N) is 2. The fraction of sp³-hybridized carbons (Fsp3) is 0.263. The summed E-state index contributed by atoms with van der Waals surface area (Å²) in [6.07, 6.45) is 4.68. The number of aliphatic hydroxyl groups excluding tert-OH is 1. The van der Waals surface area contributed by atoms with E-state index in [4.69, 9.17) is 29.0 Å². The van der Waals surface area contributed by atoms with E-state index in [1.54, 1.807) is 14.2 Å². The molecule has 0 fully saturated rings. The normalized spacial score (nSPS) is 17.2. The van der Waals surface area contributed by atoms with E-state index in [2.05, 4.69) is 10.9 Å². The third-order valence-electron chi connectivity index (χ3n) is 7.88. The molecule has 9 heteroatoms. The Morgan fingerprint density at radius 3 is 2.36 bits per heavy atom. The summed E-state index contributed by atoms with van der Waals surface area (Å²) >= 11 is 0. The molecule has 0 saturated carbocycles. The lowest BCUT2D eigenvalue weighted by atomic mass is 9.84. The Hall–Kier alpha value is -5.12. The van der Waals surface area contributed by atoms with Crippen LogP contribution >= 0.6 is 0 Å². The highest BCUT2D eigenvalue weighted by atomic mass is 16.5. The second-order valence-corrected chi connectivity index (χ2v) is 11.0. The molecule has 0 unspecified atom stereocenters.